The van der Waals surface area contributed by atoms with Crippen LogP contribution in [0, 0.1) is 6.92 Å². The maximum Gasteiger partial charge on any atom is 0.428 e. The fourth-order valence-electron chi connectivity index (χ4n) is 1.75. The first kappa shape index (κ1) is 14.4. The van der Waals surface area contributed by atoms with E-state index in [9.17, 15) is 9.59 Å². The second kappa shape index (κ2) is 5.96. The van der Waals surface area contributed by atoms with Crippen LogP contribution in [0.25, 0.3) is 0 Å². The lowest BCUT2D eigenvalue weighted by Crippen LogP contribution is -2.43. The van der Waals surface area contributed by atoms with Crippen molar-refractivity contribution in [3.05, 3.63) is 54.1 Å². The van der Waals surface area contributed by atoms with E-state index in [1.54, 1.807) is 42.5 Å². The standard InChI is InChI=1S/C15H15N3O3/c1-10-6-8-11(9-7-10)21-15(20)18(14(17)19)13-5-3-2-4-12(13)16/h2-9H,16H2,1H3,(H2,17,19). The van der Waals surface area contributed by atoms with Gasteiger partial charge in [0.15, 0.2) is 0 Å². The van der Waals surface area contributed by atoms with Crippen LogP contribution in [-0.2, 0) is 0 Å². The number of amides is 3. The van der Waals surface area contributed by atoms with Crippen molar-refractivity contribution in [2.24, 2.45) is 5.73 Å². The van der Waals surface area contributed by atoms with Crippen LogP contribution in [0.1, 0.15) is 5.56 Å². The summed E-state index contributed by atoms with van der Waals surface area (Å²) in [7, 11) is 0. The number of hydrogen-bond acceptors (Lipinski definition) is 4. The molecule has 0 aliphatic heterocycles. The van der Waals surface area contributed by atoms with Gasteiger partial charge in [-0.15, -0.1) is 0 Å². The molecule has 0 bridgehead atoms. The first-order valence-electron chi connectivity index (χ1n) is 6.21. The van der Waals surface area contributed by atoms with Crippen LogP contribution in [0.3, 0.4) is 0 Å². The highest BCUT2D eigenvalue weighted by atomic mass is 16.6. The lowest BCUT2D eigenvalue weighted by atomic mass is 10.2. The van der Waals surface area contributed by atoms with Crippen molar-refractivity contribution >= 4 is 23.5 Å². The minimum Gasteiger partial charge on any atom is -0.410 e. The van der Waals surface area contributed by atoms with Crippen molar-refractivity contribution in [2.75, 3.05) is 10.6 Å². The van der Waals surface area contributed by atoms with Crippen LogP contribution in [0.4, 0.5) is 21.0 Å². The van der Waals surface area contributed by atoms with Gasteiger partial charge in [-0.2, -0.15) is 4.90 Å². The Hall–Kier alpha value is -3.02. The van der Waals surface area contributed by atoms with Crippen molar-refractivity contribution in [3.8, 4) is 5.75 Å². The molecule has 0 radical (unpaired) electrons. The Balaban J connectivity index is 2.27. The Labute approximate surface area is 121 Å². The normalized spacial score (nSPS) is 9.95. The number of ether oxygens (including phenoxy) is 1. The molecule has 21 heavy (non-hydrogen) atoms. The van der Waals surface area contributed by atoms with E-state index in [2.05, 4.69) is 0 Å². The molecule has 2 aromatic rings. The Kier molecular flexibility index (Phi) is 4.08. The zero-order valence-electron chi connectivity index (χ0n) is 11.4. The van der Waals surface area contributed by atoms with Gasteiger partial charge in [0.1, 0.15) is 5.75 Å². The molecule has 0 unspecified atom stereocenters. The van der Waals surface area contributed by atoms with E-state index in [-0.39, 0.29) is 11.4 Å². The number of imide groups is 1. The molecule has 3 amide bonds. The molecule has 4 N–H and O–H groups in total. The number of nitrogen functional groups attached to an aromatic ring is 1. The predicted octanol–water partition coefficient (Wildman–Crippen LogP) is 2.66. The van der Waals surface area contributed by atoms with E-state index >= 15 is 0 Å². The SMILES string of the molecule is Cc1ccc(OC(=O)N(C(N)=O)c2ccccc2N)cc1. The summed E-state index contributed by atoms with van der Waals surface area (Å²) in [4.78, 5) is 24.4. The largest absolute Gasteiger partial charge is 0.428 e. The van der Waals surface area contributed by atoms with Crippen LogP contribution < -0.4 is 21.1 Å². The van der Waals surface area contributed by atoms with Gasteiger partial charge in [0.05, 0.1) is 11.4 Å². The first-order valence-corrected chi connectivity index (χ1v) is 6.21. The highest BCUT2D eigenvalue weighted by Gasteiger charge is 2.25. The number of rotatable bonds is 2. The van der Waals surface area contributed by atoms with Crippen molar-refractivity contribution < 1.29 is 14.3 Å². The summed E-state index contributed by atoms with van der Waals surface area (Å²) in [6, 6.07) is 12.2. The molecule has 0 aliphatic rings. The van der Waals surface area contributed by atoms with E-state index in [0.29, 0.717) is 10.6 Å². The number of para-hydroxylation sites is 2. The summed E-state index contributed by atoms with van der Waals surface area (Å²) in [6.07, 6.45) is -0.913. The zero-order chi connectivity index (χ0) is 15.4. The van der Waals surface area contributed by atoms with Gasteiger partial charge >= 0.3 is 12.1 Å². The molecule has 0 aromatic heterocycles. The number of primary amides is 1. The molecule has 6 heteroatoms. The molecular weight excluding hydrogens is 270 g/mol. The van der Waals surface area contributed by atoms with Gasteiger partial charge in [0.25, 0.3) is 0 Å². The number of nitrogens with two attached hydrogens (primary N) is 2. The Morgan fingerprint density at radius 3 is 2.24 bits per heavy atom. The third-order valence-electron chi connectivity index (χ3n) is 2.81. The minimum atomic E-state index is -0.968. The number of hydrogen-bond donors (Lipinski definition) is 2. The summed E-state index contributed by atoms with van der Waals surface area (Å²) in [5.74, 6) is 0.311. The molecule has 0 atom stereocenters. The quantitative estimate of drug-likeness (QED) is 0.828. The van der Waals surface area contributed by atoms with E-state index < -0.39 is 12.1 Å². The lowest BCUT2D eigenvalue weighted by Gasteiger charge is -2.19. The molecule has 6 nitrogen and oxygen atoms in total. The van der Waals surface area contributed by atoms with Gasteiger partial charge in [-0.05, 0) is 31.2 Å². The van der Waals surface area contributed by atoms with Crippen LogP contribution in [0.15, 0.2) is 48.5 Å². The van der Waals surface area contributed by atoms with Gasteiger partial charge < -0.3 is 16.2 Å². The summed E-state index contributed by atoms with van der Waals surface area (Å²) in [5, 5.41) is 0. The molecule has 0 saturated carbocycles. The Bertz CT molecular complexity index is 668. The number of carbonyl (C=O) groups is 2. The smallest absolute Gasteiger partial charge is 0.410 e. The zero-order valence-corrected chi connectivity index (χ0v) is 11.4. The maximum atomic E-state index is 12.1. The molecule has 2 rings (SSSR count). The third-order valence-corrected chi connectivity index (χ3v) is 2.81. The lowest BCUT2D eigenvalue weighted by molar-refractivity contribution is 0.206. The molecule has 0 fully saturated rings. The fourth-order valence-corrected chi connectivity index (χ4v) is 1.75. The monoisotopic (exact) mass is 285 g/mol. The number of benzene rings is 2. The minimum absolute atomic E-state index is 0.183. The number of anilines is 2. The Morgan fingerprint density at radius 1 is 1.05 bits per heavy atom. The average Bonchev–Trinajstić information content (AvgIpc) is 2.43. The predicted molar refractivity (Wildman–Crippen MR) is 80.1 cm³/mol. The van der Waals surface area contributed by atoms with E-state index in [1.807, 2.05) is 6.92 Å². The van der Waals surface area contributed by atoms with E-state index in [4.69, 9.17) is 16.2 Å². The van der Waals surface area contributed by atoms with E-state index in [1.165, 1.54) is 6.07 Å². The molecule has 0 spiro atoms. The fraction of sp³-hybridized carbons (Fsp3) is 0.0667. The molecule has 0 aliphatic carbocycles. The molecular formula is C15H15N3O3. The van der Waals surface area contributed by atoms with Crippen LogP contribution in [-0.4, -0.2) is 12.1 Å². The number of aryl methyl sites for hydroxylation is 1. The van der Waals surface area contributed by atoms with Crippen molar-refractivity contribution in [1.82, 2.24) is 0 Å². The number of carbonyl (C=O) groups excluding carboxylic acids is 2. The van der Waals surface area contributed by atoms with Crippen molar-refractivity contribution in [2.45, 2.75) is 6.92 Å². The maximum absolute atomic E-state index is 12.1. The highest BCUT2D eigenvalue weighted by Crippen LogP contribution is 2.24. The number of urea groups is 1. The van der Waals surface area contributed by atoms with Crippen molar-refractivity contribution in [1.29, 1.82) is 0 Å². The first-order chi connectivity index (χ1) is 9.99. The molecule has 0 saturated heterocycles. The molecule has 0 heterocycles. The highest BCUT2D eigenvalue weighted by molar-refractivity contribution is 6.13. The summed E-state index contributed by atoms with van der Waals surface area (Å²) in [5.41, 5.74) is 12.5. The second-order valence-corrected chi connectivity index (χ2v) is 4.41. The van der Waals surface area contributed by atoms with Crippen molar-refractivity contribution in [3.63, 3.8) is 0 Å². The van der Waals surface area contributed by atoms with Gasteiger partial charge in [-0.3, -0.25) is 0 Å². The summed E-state index contributed by atoms with van der Waals surface area (Å²) in [6.45, 7) is 1.91. The van der Waals surface area contributed by atoms with Gasteiger partial charge in [-0.25, -0.2) is 9.59 Å². The topological polar surface area (TPSA) is 98.6 Å². The summed E-state index contributed by atoms with van der Waals surface area (Å²) >= 11 is 0. The molecule has 2 aromatic carbocycles. The van der Waals surface area contributed by atoms with Gasteiger partial charge in [-0.1, -0.05) is 29.8 Å². The van der Waals surface area contributed by atoms with E-state index in [0.717, 1.165) is 5.56 Å². The van der Waals surface area contributed by atoms with Crippen LogP contribution in [0.5, 0.6) is 5.75 Å². The average molecular weight is 285 g/mol. The number of nitrogens with zero attached hydrogens (tertiary/aromatic N) is 1. The third kappa shape index (κ3) is 3.30. The second-order valence-electron chi connectivity index (χ2n) is 4.41. The van der Waals surface area contributed by atoms with Crippen LogP contribution >= 0.6 is 0 Å². The Morgan fingerprint density at radius 2 is 1.67 bits per heavy atom. The van der Waals surface area contributed by atoms with Gasteiger partial charge in [0.2, 0.25) is 0 Å². The summed E-state index contributed by atoms with van der Waals surface area (Å²) < 4.78 is 5.13. The molecule has 108 valence electrons. The van der Waals surface area contributed by atoms with Gasteiger partial charge in [0, 0.05) is 0 Å². The van der Waals surface area contributed by atoms with Crippen LogP contribution in [0.2, 0.25) is 0 Å².